The van der Waals surface area contributed by atoms with E-state index in [0.717, 1.165) is 53.7 Å². The Morgan fingerprint density at radius 2 is 1.85 bits per heavy atom. The van der Waals surface area contributed by atoms with Crippen molar-refractivity contribution in [1.29, 1.82) is 0 Å². The zero-order valence-corrected chi connectivity index (χ0v) is 21.6. The number of ether oxygens (including phenoxy) is 1. The van der Waals surface area contributed by atoms with Crippen LogP contribution in [0.25, 0.3) is 16.0 Å². The predicted octanol–water partition coefficient (Wildman–Crippen LogP) is 6.47. The van der Waals surface area contributed by atoms with Crippen molar-refractivity contribution in [2.75, 3.05) is 32.1 Å². The molecule has 6 heteroatoms. The molecule has 34 heavy (non-hydrogen) atoms. The molecule has 1 saturated carbocycles. The number of benzene rings is 1. The summed E-state index contributed by atoms with van der Waals surface area (Å²) < 4.78 is 5.21. The Kier molecular flexibility index (Phi) is 7.89. The minimum absolute atomic E-state index is 0.0888. The minimum Gasteiger partial charge on any atom is -0.465 e. The molecule has 1 aliphatic carbocycles. The number of amides is 1. The van der Waals surface area contributed by atoms with E-state index in [1.165, 1.54) is 62.2 Å². The van der Waals surface area contributed by atoms with Gasteiger partial charge in [0, 0.05) is 36.1 Å². The molecule has 0 radical (unpaired) electrons. The lowest BCUT2D eigenvalue weighted by molar-refractivity contribution is -0.114. The Hall–Kier alpha value is -2.44. The standard InChI is InChI=1S/C28H36N2O3S/c1-5-30-15-14-23(25(17-30)20-8-6-18(2)7-9-20)24-16-26(34-27(24)28(32)33-4)21-10-12-22(13-11-21)29-19(3)31/h10-13,16,18,20H,5-9,14-15,17H2,1-4H3,(H,29,31). The van der Waals surface area contributed by atoms with Gasteiger partial charge in [0.15, 0.2) is 0 Å². The Bertz CT molecular complexity index is 1060. The fourth-order valence-electron chi connectivity index (χ4n) is 5.33. The Labute approximate surface area is 207 Å². The summed E-state index contributed by atoms with van der Waals surface area (Å²) in [5, 5.41) is 2.81. The van der Waals surface area contributed by atoms with Crippen LogP contribution in [0.3, 0.4) is 0 Å². The van der Waals surface area contributed by atoms with E-state index in [1.807, 2.05) is 24.3 Å². The molecule has 1 amide bonds. The number of rotatable bonds is 6. The normalized spacial score (nSPS) is 21.4. The fourth-order valence-corrected chi connectivity index (χ4v) is 6.44. The highest BCUT2D eigenvalue weighted by Crippen LogP contribution is 2.43. The molecule has 2 aromatic rings. The van der Waals surface area contributed by atoms with E-state index in [4.69, 9.17) is 4.74 Å². The quantitative estimate of drug-likeness (QED) is 0.482. The number of methoxy groups -OCH3 is 1. The molecule has 1 aromatic heterocycles. The molecule has 0 unspecified atom stereocenters. The van der Waals surface area contributed by atoms with Gasteiger partial charge in [0.1, 0.15) is 4.88 Å². The maximum absolute atomic E-state index is 12.9. The van der Waals surface area contributed by atoms with Crippen LogP contribution in [0.1, 0.15) is 68.1 Å². The monoisotopic (exact) mass is 480 g/mol. The van der Waals surface area contributed by atoms with Crippen molar-refractivity contribution in [3.8, 4) is 10.4 Å². The molecule has 2 heterocycles. The first-order chi connectivity index (χ1) is 16.4. The average molecular weight is 481 g/mol. The van der Waals surface area contributed by atoms with Crippen LogP contribution in [-0.2, 0) is 9.53 Å². The second-order valence-electron chi connectivity index (χ2n) is 9.68. The summed E-state index contributed by atoms with van der Waals surface area (Å²) in [7, 11) is 1.46. The summed E-state index contributed by atoms with van der Waals surface area (Å²) in [6.45, 7) is 9.18. The van der Waals surface area contributed by atoms with Crippen molar-refractivity contribution in [3.63, 3.8) is 0 Å². The van der Waals surface area contributed by atoms with Crippen molar-refractivity contribution >= 4 is 34.5 Å². The molecule has 0 saturated heterocycles. The van der Waals surface area contributed by atoms with Gasteiger partial charge in [-0.05, 0) is 72.6 Å². The molecule has 1 fully saturated rings. The predicted molar refractivity (Wildman–Crippen MR) is 140 cm³/mol. The van der Waals surface area contributed by atoms with Crippen LogP contribution >= 0.6 is 11.3 Å². The van der Waals surface area contributed by atoms with Gasteiger partial charge in [-0.15, -0.1) is 11.3 Å². The summed E-state index contributed by atoms with van der Waals surface area (Å²) >= 11 is 1.50. The lowest BCUT2D eigenvalue weighted by atomic mass is 9.75. The average Bonchev–Trinajstić information content (AvgIpc) is 3.29. The number of hydrogen-bond acceptors (Lipinski definition) is 5. The lowest BCUT2D eigenvalue weighted by Crippen LogP contribution is -2.34. The zero-order valence-electron chi connectivity index (χ0n) is 20.8. The molecule has 0 atom stereocenters. The number of esters is 1. The number of carbonyl (C=O) groups is 2. The van der Waals surface area contributed by atoms with E-state index in [0.29, 0.717) is 10.8 Å². The topological polar surface area (TPSA) is 58.6 Å². The maximum atomic E-state index is 12.9. The first-order valence-corrected chi connectivity index (χ1v) is 13.3. The van der Waals surface area contributed by atoms with E-state index in [2.05, 4.69) is 30.1 Å². The molecular weight excluding hydrogens is 444 g/mol. The summed E-state index contributed by atoms with van der Waals surface area (Å²) in [5.74, 6) is 1.06. The number of thiophene rings is 1. The van der Waals surface area contributed by atoms with Gasteiger partial charge in [-0.3, -0.25) is 9.69 Å². The van der Waals surface area contributed by atoms with Crippen LogP contribution < -0.4 is 5.32 Å². The Morgan fingerprint density at radius 3 is 2.47 bits per heavy atom. The van der Waals surface area contributed by atoms with Crippen LogP contribution in [0.2, 0.25) is 0 Å². The van der Waals surface area contributed by atoms with Gasteiger partial charge in [0.25, 0.3) is 0 Å². The molecule has 1 aromatic carbocycles. The molecule has 1 N–H and O–H groups in total. The van der Waals surface area contributed by atoms with Crippen LogP contribution in [0.4, 0.5) is 5.69 Å². The Morgan fingerprint density at radius 1 is 1.15 bits per heavy atom. The van der Waals surface area contributed by atoms with Crippen molar-refractivity contribution in [3.05, 3.63) is 46.3 Å². The third-order valence-electron chi connectivity index (χ3n) is 7.33. The number of carbonyl (C=O) groups excluding carboxylic acids is 2. The third-order valence-corrected chi connectivity index (χ3v) is 8.50. The fraction of sp³-hybridized carbons (Fsp3) is 0.500. The van der Waals surface area contributed by atoms with Crippen LogP contribution in [-0.4, -0.2) is 43.5 Å². The molecule has 182 valence electrons. The first-order valence-electron chi connectivity index (χ1n) is 12.4. The second kappa shape index (κ2) is 10.9. The zero-order chi connectivity index (χ0) is 24.2. The molecule has 4 rings (SSSR count). The number of nitrogens with zero attached hydrogens (tertiary/aromatic N) is 1. The van der Waals surface area contributed by atoms with Crippen molar-refractivity contribution < 1.29 is 14.3 Å². The molecule has 2 aliphatic rings. The van der Waals surface area contributed by atoms with Gasteiger partial charge in [-0.25, -0.2) is 4.79 Å². The molecule has 0 spiro atoms. The van der Waals surface area contributed by atoms with Gasteiger partial charge in [0.05, 0.1) is 7.11 Å². The van der Waals surface area contributed by atoms with Gasteiger partial charge in [0.2, 0.25) is 5.91 Å². The van der Waals surface area contributed by atoms with Crippen molar-refractivity contribution in [2.45, 2.75) is 52.9 Å². The number of likely N-dealkylation sites (N-methyl/N-ethyl adjacent to an activating group) is 1. The number of anilines is 1. The summed E-state index contributed by atoms with van der Waals surface area (Å²) in [4.78, 5) is 28.5. The number of nitrogens with one attached hydrogen (secondary N) is 1. The summed E-state index contributed by atoms with van der Waals surface area (Å²) in [6.07, 6.45) is 6.02. The third kappa shape index (κ3) is 5.44. The van der Waals surface area contributed by atoms with Crippen LogP contribution in [0.15, 0.2) is 35.9 Å². The lowest BCUT2D eigenvalue weighted by Gasteiger charge is -2.37. The smallest absolute Gasteiger partial charge is 0.348 e. The van der Waals surface area contributed by atoms with E-state index in [-0.39, 0.29) is 11.9 Å². The molecule has 5 nitrogen and oxygen atoms in total. The SMILES string of the molecule is CCN1CCC(c2cc(-c3ccc(NC(C)=O)cc3)sc2C(=O)OC)=C(C2CCC(C)CC2)C1. The van der Waals surface area contributed by atoms with Crippen molar-refractivity contribution in [2.24, 2.45) is 11.8 Å². The largest absolute Gasteiger partial charge is 0.465 e. The molecule has 1 aliphatic heterocycles. The van der Waals surface area contributed by atoms with Crippen LogP contribution in [0, 0.1) is 11.8 Å². The summed E-state index contributed by atoms with van der Waals surface area (Å²) in [6, 6.07) is 9.99. The van der Waals surface area contributed by atoms with Gasteiger partial charge in [-0.1, -0.05) is 38.8 Å². The highest BCUT2D eigenvalue weighted by molar-refractivity contribution is 7.17. The highest BCUT2D eigenvalue weighted by atomic mass is 32.1. The van der Waals surface area contributed by atoms with Gasteiger partial charge < -0.3 is 10.1 Å². The van der Waals surface area contributed by atoms with E-state index in [1.54, 1.807) is 0 Å². The van der Waals surface area contributed by atoms with Crippen LogP contribution in [0.5, 0.6) is 0 Å². The highest BCUT2D eigenvalue weighted by Gasteiger charge is 2.31. The van der Waals surface area contributed by atoms with Crippen molar-refractivity contribution in [1.82, 2.24) is 4.90 Å². The van der Waals surface area contributed by atoms with E-state index >= 15 is 0 Å². The van der Waals surface area contributed by atoms with E-state index < -0.39 is 0 Å². The van der Waals surface area contributed by atoms with Gasteiger partial charge >= 0.3 is 5.97 Å². The molecular formula is C28H36N2O3S. The number of hydrogen-bond donors (Lipinski definition) is 1. The second-order valence-corrected chi connectivity index (χ2v) is 10.7. The first kappa shape index (κ1) is 24.7. The Balaban J connectivity index is 1.75. The maximum Gasteiger partial charge on any atom is 0.348 e. The van der Waals surface area contributed by atoms with E-state index in [9.17, 15) is 9.59 Å². The van der Waals surface area contributed by atoms with Gasteiger partial charge in [-0.2, -0.15) is 0 Å². The minimum atomic E-state index is -0.261. The molecule has 0 bridgehead atoms. The summed E-state index contributed by atoms with van der Waals surface area (Å²) in [5.41, 5.74) is 5.76.